The van der Waals surface area contributed by atoms with Gasteiger partial charge in [0, 0.05) is 19.6 Å². The van der Waals surface area contributed by atoms with Crippen LogP contribution in [0, 0.1) is 0 Å². The van der Waals surface area contributed by atoms with E-state index in [4.69, 9.17) is 0 Å². The van der Waals surface area contributed by atoms with Crippen LogP contribution in [0.25, 0.3) is 0 Å². The van der Waals surface area contributed by atoms with Gasteiger partial charge in [0.15, 0.2) is 0 Å². The maximum absolute atomic E-state index is 11.4. The molecule has 1 aliphatic heterocycles. The largest absolute Gasteiger partial charge is 0.333 e. The van der Waals surface area contributed by atoms with Crippen LogP contribution in [0.4, 0.5) is 0 Å². The van der Waals surface area contributed by atoms with Crippen LogP contribution in [0.1, 0.15) is 26.2 Å². The minimum atomic E-state index is -0.757. The maximum atomic E-state index is 11.4. The molecule has 0 aromatic carbocycles. The van der Waals surface area contributed by atoms with E-state index in [1.54, 1.807) is 0 Å². The summed E-state index contributed by atoms with van der Waals surface area (Å²) in [7, 11) is 0. The summed E-state index contributed by atoms with van der Waals surface area (Å²) in [6.45, 7) is 3.38. The zero-order valence-corrected chi connectivity index (χ0v) is 8.86. The highest BCUT2D eigenvalue weighted by atomic mass is 16.2. The van der Waals surface area contributed by atoms with Crippen molar-refractivity contribution in [2.75, 3.05) is 19.6 Å². The average molecular weight is 211 g/mol. The fourth-order valence-electron chi connectivity index (χ4n) is 1.53. The molecular weight excluding hydrogens is 196 g/mol. The highest BCUT2D eigenvalue weighted by molar-refractivity contribution is 6.37. The summed E-state index contributed by atoms with van der Waals surface area (Å²) in [6, 6.07) is 0. The molecule has 0 unspecified atom stereocenters. The van der Waals surface area contributed by atoms with E-state index >= 15 is 0 Å². The molecule has 15 heavy (non-hydrogen) atoms. The molecule has 5 heteroatoms. The Balaban J connectivity index is 2.46. The number of rotatable bonds is 5. The lowest BCUT2D eigenvalue weighted by atomic mass is 10.2. The molecule has 0 aromatic heterocycles. The van der Waals surface area contributed by atoms with Gasteiger partial charge in [-0.3, -0.25) is 19.3 Å². The first kappa shape index (κ1) is 11.7. The number of hydrogen-bond acceptors (Lipinski definition) is 3. The number of piperazine rings is 1. The van der Waals surface area contributed by atoms with E-state index in [0.29, 0.717) is 13.1 Å². The molecule has 3 amide bonds. The Morgan fingerprint density at radius 3 is 2.53 bits per heavy atom. The summed E-state index contributed by atoms with van der Waals surface area (Å²) in [6.07, 6.45) is 4.48. The summed E-state index contributed by atoms with van der Waals surface area (Å²) in [5.41, 5.74) is 0. The SMILES string of the molecule is CCCCCN1CCN([C]=O)C(=O)C1=O. The Kier molecular flexibility index (Phi) is 4.27. The Hall–Kier alpha value is -1.39. The summed E-state index contributed by atoms with van der Waals surface area (Å²) in [5, 5.41) is 0. The number of imide groups is 1. The van der Waals surface area contributed by atoms with E-state index in [0.717, 1.165) is 24.2 Å². The smallest absolute Gasteiger partial charge is 0.319 e. The van der Waals surface area contributed by atoms with E-state index < -0.39 is 11.8 Å². The first-order valence-electron chi connectivity index (χ1n) is 5.19. The van der Waals surface area contributed by atoms with Crippen molar-refractivity contribution in [1.82, 2.24) is 9.80 Å². The van der Waals surface area contributed by atoms with Crippen molar-refractivity contribution in [3.05, 3.63) is 0 Å². The van der Waals surface area contributed by atoms with Crippen molar-refractivity contribution in [2.24, 2.45) is 0 Å². The number of nitrogens with zero attached hydrogens (tertiary/aromatic N) is 2. The lowest BCUT2D eigenvalue weighted by molar-refractivity contribution is -0.153. The first-order valence-corrected chi connectivity index (χ1v) is 5.19. The van der Waals surface area contributed by atoms with Gasteiger partial charge in [-0.1, -0.05) is 19.8 Å². The van der Waals surface area contributed by atoms with Gasteiger partial charge in [0.05, 0.1) is 0 Å². The van der Waals surface area contributed by atoms with Gasteiger partial charge in [-0.05, 0) is 6.42 Å². The van der Waals surface area contributed by atoms with E-state index in [1.165, 1.54) is 11.3 Å². The molecule has 1 radical (unpaired) electrons. The third-order valence-electron chi connectivity index (χ3n) is 2.45. The fourth-order valence-corrected chi connectivity index (χ4v) is 1.53. The third kappa shape index (κ3) is 2.78. The Morgan fingerprint density at radius 1 is 1.20 bits per heavy atom. The predicted molar refractivity (Wildman–Crippen MR) is 53.5 cm³/mol. The predicted octanol–water partition coefficient (Wildman–Crippen LogP) is -0.0854. The maximum Gasteiger partial charge on any atom is 0.319 e. The second kappa shape index (κ2) is 5.48. The van der Waals surface area contributed by atoms with Crippen LogP contribution in [0.5, 0.6) is 0 Å². The zero-order valence-electron chi connectivity index (χ0n) is 8.86. The topological polar surface area (TPSA) is 57.7 Å². The van der Waals surface area contributed by atoms with E-state index in [2.05, 4.69) is 6.92 Å². The van der Waals surface area contributed by atoms with Crippen LogP contribution >= 0.6 is 0 Å². The number of amides is 3. The Bertz CT molecular complexity index is 265. The molecule has 83 valence electrons. The van der Waals surface area contributed by atoms with Crippen LogP contribution in [-0.4, -0.2) is 47.7 Å². The molecule has 1 rings (SSSR count). The molecule has 0 aromatic rings. The number of carbonyl (C=O) groups excluding carboxylic acids is 3. The quantitative estimate of drug-likeness (QED) is 0.472. The van der Waals surface area contributed by atoms with Gasteiger partial charge in [-0.15, -0.1) is 0 Å². The van der Waals surface area contributed by atoms with Crippen LogP contribution in [0.15, 0.2) is 0 Å². The summed E-state index contributed by atoms with van der Waals surface area (Å²) in [5.74, 6) is -1.34. The second-order valence-corrected chi connectivity index (χ2v) is 3.55. The first-order chi connectivity index (χ1) is 7.20. The van der Waals surface area contributed by atoms with E-state index in [1.807, 2.05) is 0 Å². The fraction of sp³-hybridized carbons (Fsp3) is 0.700. The zero-order chi connectivity index (χ0) is 11.3. The van der Waals surface area contributed by atoms with Gasteiger partial charge < -0.3 is 4.90 Å². The highest BCUT2D eigenvalue weighted by Crippen LogP contribution is 2.05. The van der Waals surface area contributed by atoms with Gasteiger partial charge in [-0.2, -0.15) is 0 Å². The molecule has 0 N–H and O–H groups in total. The standard InChI is InChI=1S/C10H15N2O3/c1-2-3-4-5-11-6-7-12(8-13)10(15)9(11)14/h2-7H2,1H3. The lowest BCUT2D eigenvalue weighted by Crippen LogP contribution is -2.53. The molecular formula is C10H15N2O3. The minimum Gasteiger partial charge on any atom is -0.333 e. The Morgan fingerprint density at radius 2 is 1.93 bits per heavy atom. The molecule has 1 heterocycles. The normalized spacial score (nSPS) is 17.1. The van der Waals surface area contributed by atoms with Crippen molar-refractivity contribution < 1.29 is 14.4 Å². The molecule has 0 saturated carbocycles. The number of carbonyl (C=O) groups is 2. The van der Waals surface area contributed by atoms with Gasteiger partial charge in [0.25, 0.3) is 0 Å². The van der Waals surface area contributed by atoms with Gasteiger partial charge in [-0.25, -0.2) is 0 Å². The third-order valence-corrected chi connectivity index (χ3v) is 2.45. The Labute approximate surface area is 89.0 Å². The van der Waals surface area contributed by atoms with Gasteiger partial charge in [0.1, 0.15) is 0 Å². The molecule has 0 bridgehead atoms. The summed E-state index contributed by atoms with van der Waals surface area (Å²) < 4.78 is 0. The number of unbranched alkanes of at least 4 members (excludes halogenated alkanes) is 2. The van der Waals surface area contributed by atoms with Crippen LogP contribution < -0.4 is 0 Å². The lowest BCUT2D eigenvalue weighted by Gasteiger charge is -2.29. The van der Waals surface area contributed by atoms with Gasteiger partial charge >= 0.3 is 18.2 Å². The molecule has 5 nitrogen and oxygen atoms in total. The van der Waals surface area contributed by atoms with Crippen molar-refractivity contribution in [2.45, 2.75) is 26.2 Å². The molecule has 1 saturated heterocycles. The van der Waals surface area contributed by atoms with Crippen LogP contribution in [0.3, 0.4) is 0 Å². The van der Waals surface area contributed by atoms with Gasteiger partial charge in [0.2, 0.25) is 0 Å². The van der Waals surface area contributed by atoms with E-state index in [9.17, 15) is 14.4 Å². The van der Waals surface area contributed by atoms with Crippen molar-refractivity contribution >= 4 is 18.2 Å². The van der Waals surface area contributed by atoms with Crippen molar-refractivity contribution in [3.8, 4) is 0 Å². The average Bonchev–Trinajstić information content (AvgIpc) is 2.25. The highest BCUT2D eigenvalue weighted by Gasteiger charge is 2.32. The molecule has 1 aliphatic rings. The second-order valence-electron chi connectivity index (χ2n) is 3.55. The number of hydrogen-bond donors (Lipinski definition) is 0. The van der Waals surface area contributed by atoms with Crippen LogP contribution in [-0.2, 0) is 14.4 Å². The monoisotopic (exact) mass is 211 g/mol. The van der Waals surface area contributed by atoms with E-state index in [-0.39, 0.29) is 6.54 Å². The molecule has 0 aliphatic carbocycles. The minimum absolute atomic E-state index is 0.264. The van der Waals surface area contributed by atoms with Crippen LogP contribution in [0.2, 0.25) is 0 Å². The van der Waals surface area contributed by atoms with Crippen molar-refractivity contribution in [1.29, 1.82) is 0 Å². The molecule has 1 fully saturated rings. The summed E-state index contributed by atoms with van der Waals surface area (Å²) >= 11 is 0. The molecule has 0 atom stereocenters. The molecule has 0 spiro atoms. The summed E-state index contributed by atoms with van der Waals surface area (Å²) in [4.78, 5) is 35.3. The van der Waals surface area contributed by atoms with Crippen molar-refractivity contribution in [3.63, 3.8) is 0 Å².